The van der Waals surface area contributed by atoms with Crippen molar-refractivity contribution in [2.75, 3.05) is 18.6 Å². The molecule has 8 nitrogen and oxygen atoms in total. The highest BCUT2D eigenvalue weighted by Crippen LogP contribution is 2.37. The molecule has 0 unspecified atom stereocenters. The molecular weight excluding hydrogens is 332 g/mol. The van der Waals surface area contributed by atoms with Gasteiger partial charge in [0.15, 0.2) is 5.82 Å². The van der Waals surface area contributed by atoms with E-state index in [1.54, 1.807) is 30.3 Å². The zero-order chi connectivity index (χ0) is 17.3. The summed E-state index contributed by atoms with van der Waals surface area (Å²) in [6, 6.07) is 10.2. The van der Waals surface area contributed by atoms with Crippen molar-refractivity contribution in [3.05, 3.63) is 42.6 Å². The van der Waals surface area contributed by atoms with Gasteiger partial charge in [-0.3, -0.25) is 0 Å². The van der Waals surface area contributed by atoms with Gasteiger partial charge in [0.1, 0.15) is 17.2 Å². The second-order valence-corrected chi connectivity index (χ2v) is 6.64. The SMILES string of the molecule is COc1ccc(N2C(=O)N(CC#N)S(=O)(=O)c3cccnc32)cc1. The van der Waals surface area contributed by atoms with Crippen LogP contribution >= 0.6 is 0 Å². The Kier molecular flexibility index (Phi) is 3.83. The molecule has 1 aromatic heterocycles. The number of hydrogen-bond acceptors (Lipinski definition) is 6. The molecule has 0 saturated heterocycles. The van der Waals surface area contributed by atoms with E-state index in [4.69, 9.17) is 10.00 Å². The first-order valence-electron chi connectivity index (χ1n) is 6.83. The molecule has 0 N–H and O–H groups in total. The second-order valence-electron chi connectivity index (χ2n) is 4.81. The molecule has 1 aromatic carbocycles. The highest BCUT2D eigenvalue weighted by atomic mass is 32.2. The molecule has 0 bridgehead atoms. The number of rotatable bonds is 3. The number of carbonyl (C=O) groups excluding carboxylic acids is 1. The second kappa shape index (κ2) is 5.82. The molecule has 0 saturated carbocycles. The van der Waals surface area contributed by atoms with Crippen molar-refractivity contribution in [2.24, 2.45) is 0 Å². The summed E-state index contributed by atoms with van der Waals surface area (Å²) >= 11 is 0. The fourth-order valence-corrected chi connectivity index (χ4v) is 3.73. The summed E-state index contributed by atoms with van der Waals surface area (Å²) in [7, 11) is -2.60. The lowest BCUT2D eigenvalue weighted by atomic mass is 10.2. The average molecular weight is 344 g/mol. The molecule has 9 heteroatoms. The fraction of sp³-hybridized carbons (Fsp3) is 0.133. The van der Waals surface area contributed by atoms with Crippen LogP contribution in [0.15, 0.2) is 47.5 Å². The summed E-state index contributed by atoms with van der Waals surface area (Å²) in [4.78, 5) is 17.8. The van der Waals surface area contributed by atoms with Crippen LogP contribution in [0.3, 0.4) is 0 Å². The summed E-state index contributed by atoms with van der Waals surface area (Å²) in [6.45, 7) is -0.581. The summed E-state index contributed by atoms with van der Waals surface area (Å²) in [5.41, 5.74) is 0.415. The van der Waals surface area contributed by atoms with E-state index in [9.17, 15) is 13.2 Å². The van der Waals surface area contributed by atoms with Gasteiger partial charge >= 0.3 is 6.03 Å². The van der Waals surface area contributed by atoms with Gasteiger partial charge in [-0.05, 0) is 36.4 Å². The van der Waals surface area contributed by atoms with E-state index >= 15 is 0 Å². The van der Waals surface area contributed by atoms with E-state index in [1.165, 1.54) is 25.4 Å². The van der Waals surface area contributed by atoms with Gasteiger partial charge in [-0.2, -0.15) is 5.26 Å². The van der Waals surface area contributed by atoms with E-state index in [1.807, 2.05) is 0 Å². The number of nitrogens with zero attached hydrogens (tertiary/aromatic N) is 4. The van der Waals surface area contributed by atoms with Gasteiger partial charge < -0.3 is 4.74 Å². The predicted octanol–water partition coefficient (Wildman–Crippen LogP) is 1.88. The quantitative estimate of drug-likeness (QED) is 0.788. The van der Waals surface area contributed by atoms with Crippen LogP contribution in [0.4, 0.5) is 16.3 Å². The number of amides is 2. The number of aromatic nitrogens is 1. The van der Waals surface area contributed by atoms with E-state index in [0.29, 0.717) is 15.7 Å². The van der Waals surface area contributed by atoms with Crippen molar-refractivity contribution in [3.63, 3.8) is 0 Å². The van der Waals surface area contributed by atoms with Crippen molar-refractivity contribution in [1.82, 2.24) is 9.29 Å². The summed E-state index contributed by atoms with van der Waals surface area (Å²) in [5.74, 6) is 0.591. The van der Waals surface area contributed by atoms with Crippen LogP contribution < -0.4 is 9.64 Å². The maximum atomic E-state index is 12.7. The summed E-state index contributed by atoms with van der Waals surface area (Å²) in [5, 5.41) is 8.88. The van der Waals surface area contributed by atoms with Crippen LogP contribution in [0.2, 0.25) is 0 Å². The van der Waals surface area contributed by atoms with E-state index in [0.717, 1.165) is 4.90 Å². The topological polar surface area (TPSA) is 104 Å². The number of ether oxygens (including phenoxy) is 1. The van der Waals surface area contributed by atoms with Gasteiger partial charge in [-0.15, -0.1) is 0 Å². The van der Waals surface area contributed by atoms with E-state index in [-0.39, 0.29) is 10.7 Å². The Balaban J connectivity index is 2.21. The third kappa shape index (κ3) is 2.33. The number of nitriles is 1. The van der Waals surface area contributed by atoms with E-state index in [2.05, 4.69) is 4.98 Å². The van der Waals surface area contributed by atoms with Crippen molar-refractivity contribution >= 4 is 27.6 Å². The number of anilines is 2. The highest BCUT2D eigenvalue weighted by molar-refractivity contribution is 7.90. The van der Waals surface area contributed by atoms with Crippen molar-refractivity contribution in [2.45, 2.75) is 4.90 Å². The molecule has 1 aliphatic heterocycles. The van der Waals surface area contributed by atoms with Crippen LogP contribution in [0.5, 0.6) is 5.75 Å². The van der Waals surface area contributed by atoms with Crippen LogP contribution in [0.1, 0.15) is 0 Å². The number of pyridine rings is 1. The van der Waals surface area contributed by atoms with Crippen LogP contribution in [-0.2, 0) is 10.0 Å². The molecule has 122 valence electrons. The molecule has 0 spiro atoms. The standard InChI is InChI=1S/C15H12N4O4S/c1-23-12-6-4-11(5-7-12)19-14-13(3-2-9-17-14)24(21,22)18(10-8-16)15(19)20/h2-7,9H,10H2,1H3. The molecule has 0 aliphatic carbocycles. The smallest absolute Gasteiger partial charge is 0.345 e. The minimum atomic E-state index is -4.12. The number of benzene rings is 1. The third-order valence-corrected chi connectivity index (χ3v) is 5.22. The van der Waals surface area contributed by atoms with Gasteiger partial charge in [0.05, 0.1) is 18.9 Å². The van der Waals surface area contributed by atoms with E-state index < -0.39 is 22.6 Å². The van der Waals surface area contributed by atoms with Gasteiger partial charge in [0.25, 0.3) is 10.0 Å². The fourth-order valence-electron chi connectivity index (χ4n) is 2.36. The Morgan fingerprint density at radius 2 is 1.96 bits per heavy atom. The Hall–Kier alpha value is -3.12. The molecule has 0 radical (unpaired) electrons. The Bertz CT molecular complexity index is 935. The maximum Gasteiger partial charge on any atom is 0.345 e. The molecule has 2 heterocycles. The monoisotopic (exact) mass is 344 g/mol. The Morgan fingerprint density at radius 3 is 2.58 bits per heavy atom. The Morgan fingerprint density at radius 1 is 1.25 bits per heavy atom. The average Bonchev–Trinajstić information content (AvgIpc) is 2.59. The van der Waals surface area contributed by atoms with Gasteiger partial charge in [-0.25, -0.2) is 27.4 Å². The molecule has 0 fully saturated rings. The normalized spacial score (nSPS) is 15.6. The molecule has 2 aromatic rings. The molecule has 2 amide bonds. The zero-order valence-electron chi connectivity index (χ0n) is 12.6. The summed E-state index contributed by atoms with van der Waals surface area (Å²) in [6.07, 6.45) is 1.40. The minimum Gasteiger partial charge on any atom is -0.497 e. The van der Waals surface area contributed by atoms with Gasteiger partial charge in [0, 0.05) is 6.20 Å². The maximum absolute atomic E-state index is 12.7. The number of urea groups is 1. The van der Waals surface area contributed by atoms with Crippen molar-refractivity contribution in [3.8, 4) is 11.8 Å². The number of sulfonamides is 1. The van der Waals surface area contributed by atoms with Gasteiger partial charge in [-0.1, -0.05) is 0 Å². The first-order valence-corrected chi connectivity index (χ1v) is 8.27. The third-order valence-electron chi connectivity index (χ3n) is 3.48. The first kappa shape index (κ1) is 15.8. The minimum absolute atomic E-state index is 0.00172. The first-order chi connectivity index (χ1) is 11.5. The molecule has 3 rings (SSSR count). The highest BCUT2D eigenvalue weighted by Gasteiger charge is 2.42. The lowest BCUT2D eigenvalue weighted by Crippen LogP contribution is -2.49. The summed E-state index contributed by atoms with van der Waals surface area (Å²) < 4.78 is 30.7. The number of hydrogen-bond donors (Lipinski definition) is 0. The number of methoxy groups -OCH3 is 1. The molecule has 1 aliphatic rings. The lowest BCUT2D eigenvalue weighted by Gasteiger charge is -2.34. The predicted molar refractivity (Wildman–Crippen MR) is 84.3 cm³/mol. The zero-order valence-corrected chi connectivity index (χ0v) is 13.4. The van der Waals surface area contributed by atoms with Crippen molar-refractivity contribution in [1.29, 1.82) is 5.26 Å². The van der Waals surface area contributed by atoms with Gasteiger partial charge in [0.2, 0.25) is 0 Å². The largest absolute Gasteiger partial charge is 0.497 e. The number of carbonyl (C=O) groups is 1. The number of fused-ring (bicyclic) bond motifs is 1. The van der Waals surface area contributed by atoms with Crippen molar-refractivity contribution < 1.29 is 17.9 Å². The molecule has 0 atom stereocenters. The molecular formula is C15H12N4O4S. The van der Waals surface area contributed by atoms with Crippen LogP contribution in [0, 0.1) is 11.3 Å². The Labute approximate surface area is 138 Å². The lowest BCUT2D eigenvalue weighted by molar-refractivity contribution is 0.233. The van der Waals surface area contributed by atoms with Crippen LogP contribution in [-0.4, -0.2) is 37.4 Å². The van der Waals surface area contributed by atoms with Crippen LogP contribution in [0.25, 0.3) is 0 Å². The molecule has 24 heavy (non-hydrogen) atoms.